The van der Waals surface area contributed by atoms with Gasteiger partial charge in [-0.15, -0.1) is 0 Å². The summed E-state index contributed by atoms with van der Waals surface area (Å²) >= 11 is 0. The summed E-state index contributed by atoms with van der Waals surface area (Å²) in [6.07, 6.45) is 0.737. The highest BCUT2D eigenvalue weighted by atomic mass is 16.5. The zero-order valence-electron chi connectivity index (χ0n) is 13.5. The number of carbonyl (C=O) groups is 2. The molecule has 2 unspecified atom stereocenters. The Morgan fingerprint density at radius 3 is 2.45 bits per heavy atom. The van der Waals surface area contributed by atoms with E-state index in [9.17, 15) is 9.59 Å². The maximum Gasteiger partial charge on any atom is 0.252 e. The van der Waals surface area contributed by atoms with Gasteiger partial charge in [-0.05, 0) is 31.0 Å². The number of benzene rings is 1. The SMILES string of the molecule is CCOc1ccc(C(=O)NC(C(N)=O)C(C)CC)cc1OC. The lowest BCUT2D eigenvalue weighted by Crippen LogP contribution is -2.48. The molecular weight excluding hydrogens is 284 g/mol. The second-order valence-electron chi connectivity index (χ2n) is 5.04. The third-order valence-electron chi connectivity index (χ3n) is 3.53. The normalized spacial score (nSPS) is 13.1. The van der Waals surface area contributed by atoms with Crippen LogP contribution < -0.4 is 20.5 Å². The standard InChI is InChI=1S/C16H24N2O4/c1-5-10(3)14(15(17)19)18-16(20)11-7-8-12(22-6-2)13(9-11)21-4/h7-10,14H,5-6H2,1-4H3,(H2,17,19)(H,18,20). The van der Waals surface area contributed by atoms with Crippen LogP contribution in [0.2, 0.25) is 0 Å². The molecule has 0 saturated carbocycles. The van der Waals surface area contributed by atoms with Crippen molar-refractivity contribution >= 4 is 11.8 Å². The average molecular weight is 308 g/mol. The molecule has 0 aliphatic carbocycles. The molecule has 1 rings (SSSR count). The van der Waals surface area contributed by atoms with E-state index >= 15 is 0 Å². The second-order valence-corrected chi connectivity index (χ2v) is 5.04. The van der Waals surface area contributed by atoms with Crippen LogP contribution in [0.5, 0.6) is 11.5 Å². The molecule has 0 saturated heterocycles. The number of carbonyl (C=O) groups excluding carboxylic acids is 2. The van der Waals surface area contributed by atoms with E-state index in [0.29, 0.717) is 23.7 Å². The first-order valence-corrected chi connectivity index (χ1v) is 7.35. The van der Waals surface area contributed by atoms with Crippen LogP contribution in [0.25, 0.3) is 0 Å². The predicted molar refractivity (Wildman–Crippen MR) is 84.1 cm³/mol. The van der Waals surface area contributed by atoms with Crippen molar-refractivity contribution in [1.29, 1.82) is 0 Å². The summed E-state index contributed by atoms with van der Waals surface area (Å²) in [7, 11) is 1.50. The van der Waals surface area contributed by atoms with Crippen molar-refractivity contribution in [3.05, 3.63) is 23.8 Å². The fourth-order valence-corrected chi connectivity index (χ4v) is 2.04. The topological polar surface area (TPSA) is 90.6 Å². The van der Waals surface area contributed by atoms with Crippen molar-refractivity contribution in [3.63, 3.8) is 0 Å². The number of nitrogens with one attached hydrogen (secondary N) is 1. The molecule has 0 aliphatic rings. The highest BCUT2D eigenvalue weighted by Gasteiger charge is 2.24. The Morgan fingerprint density at radius 2 is 1.95 bits per heavy atom. The Hall–Kier alpha value is -2.24. The lowest BCUT2D eigenvalue weighted by Gasteiger charge is -2.21. The van der Waals surface area contributed by atoms with Crippen LogP contribution in [0, 0.1) is 5.92 Å². The molecule has 0 bridgehead atoms. The molecule has 122 valence electrons. The van der Waals surface area contributed by atoms with Gasteiger partial charge in [0.2, 0.25) is 5.91 Å². The monoisotopic (exact) mass is 308 g/mol. The van der Waals surface area contributed by atoms with Crippen LogP contribution in [-0.4, -0.2) is 31.6 Å². The van der Waals surface area contributed by atoms with E-state index in [2.05, 4.69) is 5.32 Å². The molecule has 0 aliphatic heterocycles. The van der Waals surface area contributed by atoms with E-state index in [4.69, 9.17) is 15.2 Å². The van der Waals surface area contributed by atoms with Crippen LogP contribution in [0.1, 0.15) is 37.6 Å². The minimum atomic E-state index is -0.699. The maximum atomic E-state index is 12.3. The van der Waals surface area contributed by atoms with Crippen molar-refractivity contribution in [2.75, 3.05) is 13.7 Å². The van der Waals surface area contributed by atoms with E-state index in [0.717, 1.165) is 6.42 Å². The van der Waals surface area contributed by atoms with Crippen LogP contribution >= 0.6 is 0 Å². The van der Waals surface area contributed by atoms with Gasteiger partial charge in [0, 0.05) is 5.56 Å². The number of nitrogens with two attached hydrogens (primary N) is 1. The number of primary amides is 1. The van der Waals surface area contributed by atoms with Gasteiger partial charge in [0.05, 0.1) is 13.7 Å². The third kappa shape index (κ3) is 4.38. The van der Waals surface area contributed by atoms with Gasteiger partial charge in [-0.2, -0.15) is 0 Å². The van der Waals surface area contributed by atoms with Gasteiger partial charge in [-0.1, -0.05) is 20.3 Å². The summed E-state index contributed by atoms with van der Waals surface area (Å²) in [5.41, 5.74) is 5.75. The van der Waals surface area contributed by atoms with Crippen molar-refractivity contribution in [3.8, 4) is 11.5 Å². The molecule has 22 heavy (non-hydrogen) atoms. The predicted octanol–water partition coefficient (Wildman–Crippen LogP) is 1.72. The lowest BCUT2D eigenvalue weighted by molar-refractivity contribution is -0.120. The molecule has 2 amide bonds. The van der Waals surface area contributed by atoms with Crippen LogP contribution in [0.15, 0.2) is 18.2 Å². The number of hydrogen-bond donors (Lipinski definition) is 2. The van der Waals surface area contributed by atoms with Crippen LogP contribution in [0.3, 0.4) is 0 Å². The molecule has 1 aromatic carbocycles. The van der Waals surface area contributed by atoms with Gasteiger partial charge < -0.3 is 20.5 Å². The smallest absolute Gasteiger partial charge is 0.252 e. The summed E-state index contributed by atoms with van der Waals surface area (Å²) in [4.78, 5) is 23.8. The molecular formula is C16H24N2O4. The summed E-state index contributed by atoms with van der Waals surface area (Å²) in [5, 5.41) is 2.68. The van der Waals surface area contributed by atoms with E-state index in [1.54, 1.807) is 18.2 Å². The minimum Gasteiger partial charge on any atom is -0.493 e. The first-order valence-electron chi connectivity index (χ1n) is 7.35. The molecule has 6 heteroatoms. The maximum absolute atomic E-state index is 12.3. The Bertz CT molecular complexity index is 531. The van der Waals surface area contributed by atoms with Crippen molar-refractivity contribution < 1.29 is 19.1 Å². The molecule has 3 N–H and O–H groups in total. The van der Waals surface area contributed by atoms with Crippen LogP contribution in [0.4, 0.5) is 0 Å². The molecule has 0 aromatic heterocycles. The summed E-state index contributed by atoms with van der Waals surface area (Å²) in [5.74, 6) is 0.0840. The van der Waals surface area contributed by atoms with Crippen LogP contribution in [-0.2, 0) is 4.79 Å². The number of methoxy groups -OCH3 is 1. The fraction of sp³-hybridized carbons (Fsp3) is 0.500. The molecule has 0 fully saturated rings. The largest absolute Gasteiger partial charge is 0.493 e. The van der Waals surface area contributed by atoms with Gasteiger partial charge in [0.15, 0.2) is 11.5 Å². The van der Waals surface area contributed by atoms with Crippen molar-refractivity contribution in [1.82, 2.24) is 5.32 Å². The fourth-order valence-electron chi connectivity index (χ4n) is 2.04. The average Bonchev–Trinajstić information content (AvgIpc) is 2.51. The molecule has 2 atom stereocenters. The van der Waals surface area contributed by atoms with Gasteiger partial charge in [-0.3, -0.25) is 9.59 Å². The van der Waals surface area contributed by atoms with Crippen molar-refractivity contribution in [2.24, 2.45) is 11.7 Å². The van der Waals surface area contributed by atoms with E-state index in [1.165, 1.54) is 7.11 Å². The molecule has 1 aromatic rings. The molecule has 0 spiro atoms. The zero-order valence-corrected chi connectivity index (χ0v) is 13.5. The quantitative estimate of drug-likeness (QED) is 0.765. The third-order valence-corrected chi connectivity index (χ3v) is 3.53. The second kappa shape index (κ2) is 8.26. The van der Waals surface area contributed by atoms with E-state index < -0.39 is 11.9 Å². The first kappa shape index (κ1) is 17.8. The lowest BCUT2D eigenvalue weighted by atomic mass is 9.98. The van der Waals surface area contributed by atoms with Gasteiger partial charge in [0.1, 0.15) is 6.04 Å². The molecule has 0 heterocycles. The van der Waals surface area contributed by atoms with E-state index in [-0.39, 0.29) is 11.8 Å². The highest BCUT2D eigenvalue weighted by Crippen LogP contribution is 2.28. The number of hydrogen-bond acceptors (Lipinski definition) is 4. The highest BCUT2D eigenvalue weighted by molar-refractivity contribution is 5.97. The Kier molecular flexibility index (Phi) is 6.69. The van der Waals surface area contributed by atoms with Gasteiger partial charge in [0.25, 0.3) is 5.91 Å². The summed E-state index contributed by atoms with van der Waals surface area (Å²) in [6, 6.07) is 4.17. The Labute approximate surface area is 131 Å². The number of amides is 2. The minimum absolute atomic E-state index is 0.0361. The molecule has 6 nitrogen and oxygen atoms in total. The van der Waals surface area contributed by atoms with Crippen molar-refractivity contribution in [2.45, 2.75) is 33.2 Å². The Balaban J connectivity index is 2.95. The zero-order chi connectivity index (χ0) is 16.7. The number of rotatable bonds is 8. The Morgan fingerprint density at radius 1 is 1.27 bits per heavy atom. The first-order chi connectivity index (χ1) is 10.4. The molecule has 0 radical (unpaired) electrons. The summed E-state index contributed by atoms with van der Waals surface area (Å²) < 4.78 is 10.6. The van der Waals surface area contributed by atoms with Gasteiger partial charge in [-0.25, -0.2) is 0 Å². The number of ether oxygens (including phenoxy) is 2. The van der Waals surface area contributed by atoms with E-state index in [1.807, 2.05) is 20.8 Å². The summed E-state index contributed by atoms with van der Waals surface area (Å²) in [6.45, 7) is 6.17. The van der Waals surface area contributed by atoms with Gasteiger partial charge >= 0.3 is 0 Å².